The van der Waals surface area contributed by atoms with E-state index in [1.54, 1.807) is 0 Å². The van der Waals surface area contributed by atoms with Crippen LogP contribution in [0.3, 0.4) is 0 Å². The van der Waals surface area contributed by atoms with Crippen LogP contribution in [0.15, 0.2) is 36.6 Å². The Bertz CT molecular complexity index is 548. The molecule has 1 heterocycles. The van der Waals surface area contributed by atoms with Gasteiger partial charge in [-0.15, -0.1) is 0 Å². The van der Waals surface area contributed by atoms with Gasteiger partial charge in [0.25, 0.3) is 12.0 Å². The molecule has 1 N–H and O–H groups in total. The van der Waals surface area contributed by atoms with Crippen molar-refractivity contribution in [1.29, 1.82) is 0 Å². The Morgan fingerprint density at radius 2 is 2.15 bits per heavy atom. The van der Waals surface area contributed by atoms with E-state index in [9.17, 15) is 24.0 Å². The fourth-order valence-corrected chi connectivity index (χ4v) is 1.75. The van der Waals surface area contributed by atoms with Gasteiger partial charge in [0, 0.05) is 6.07 Å². The van der Waals surface area contributed by atoms with E-state index < -0.39 is 35.6 Å². The van der Waals surface area contributed by atoms with E-state index in [0.717, 1.165) is 0 Å². The van der Waals surface area contributed by atoms with E-state index in [-0.39, 0.29) is 11.3 Å². The monoisotopic (exact) mass is 287 g/mol. The summed E-state index contributed by atoms with van der Waals surface area (Å²) in [4.78, 5) is 10.1. The van der Waals surface area contributed by atoms with Gasteiger partial charge in [-0.1, -0.05) is 18.7 Å². The van der Waals surface area contributed by atoms with E-state index in [2.05, 4.69) is 11.3 Å². The lowest BCUT2D eigenvalue weighted by Crippen LogP contribution is -2.39. The highest BCUT2D eigenvalue weighted by Crippen LogP contribution is 2.38. The van der Waals surface area contributed by atoms with Crippen molar-refractivity contribution in [3.05, 3.63) is 52.3 Å². The molecule has 0 amide bonds. The molecule has 2 atom stereocenters. The van der Waals surface area contributed by atoms with Crippen molar-refractivity contribution < 1.29 is 28.3 Å². The Balaban J connectivity index is 2.10. The van der Waals surface area contributed by atoms with Crippen molar-refractivity contribution in [3.8, 4) is 0 Å². The first-order valence-corrected chi connectivity index (χ1v) is 5.59. The number of aliphatic hydroxyl groups excluding tert-OH is 1. The summed E-state index contributed by atoms with van der Waals surface area (Å²) in [6.07, 6.45) is -4.18. The van der Waals surface area contributed by atoms with Crippen LogP contribution in [0.2, 0.25) is 0 Å². The van der Waals surface area contributed by atoms with Crippen molar-refractivity contribution in [2.24, 2.45) is 0 Å². The van der Waals surface area contributed by atoms with Crippen molar-refractivity contribution in [1.82, 2.24) is 0 Å². The number of aliphatic hydroxyl groups is 1. The van der Waals surface area contributed by atoms with Gasteiger partial charge >= 0.3 is 5.92 Å². The number of para-hydroxylation sites is 1. The van der Waals surface area contributed by atoms with E-state index in [1.165, 1.54) is 24.3 Å². The Labute approximate surface area is 112 Å². The van der Waals surface area contributed by atoms with E-state index in [0.29, 0.717) is 0 Å². The number of nitro groups is 1. The molecule has 2 rings (SSSR count). The van der Waals surface area contributed by atoms with E-state index in [4.69, 9.17) is 4.74 Å². The molecule has 0 saturated carbocycles. The zero-order chi connectivity index (χ0) is 14.9. The van der Waals surface area contributed by atoms with Gasteiger partial charge in [0.2, 0.25) is 0 Å². The van der Waals surface area contributed by atoms with Crippen molar-refractivity contribution in [3.63, 3.8) is 0 Å². The molecule has 1 fully saturated rings. The minimum absolute atomic E-state index is 0.129. The number of ether oxygens (including phenoxy) is 2. The van der Waals surface area contributed by atoms with Crippen LogP contribution in [0.5, 0.6) is 0 Å². The second kappa shape index (κ2) is 5.14. The molecule has 8 heteroatoms. The summed E-state index contributed by atoms with van der Waals surface area (Å²) in [5, 5.41) is 19.9. The van der Waals surface area contributed by atoms with Crippen LogP contribution in [0, 0.1) is 10.1 Å². The molecule has 6 nitrogen and oxygen atoms in total. The summed E-state index contributed by atoms with van der Waals surface area (Å²) < 4.78 is 36.5. The highest BCUT2D eigenvalue weighted by molar-refractivity contribution is 5.39. The van der Waals surface area contributed by atoms with E-state index in [1.807, 2.05) is 0 Å². The zero-order valence-corrected chi connectivity index (χ0v) is 10.2. The average molecular weight is 287 g/mol. The van der Waals surface area contributed by atoms with Crippen molar-refractivity contribution >= 4 is 5.69 Å². The van der Waals surface area contributed by atoms with Crippen LogP contribution < -0.4 is 0 Å². The summed E-state index contributed by atoms with van der Waals surface area (Å²) in [5.74, 6) is -4.15. The number of hydrogen-bond donors (Lipinski definition) is 1. The van der Waals surface area contributed by atoms with Crippen molar-refractivity contribution in [2.45, 2.75) is 24.9 Å². The molecule has 0 bridgehead atoms. The van der Waals surface area contributed by atoms with Gasteiger partial charge < -0.3 is 14.6 Å². The molecule has 108 valence electrons. The summed E-state index contributed by atoms with van der Waals surface area (Å²) in [7, 11) is 0. The van der Waals surface area contributed by atoms with Gasteiger partial charge in [-0.05, 0) is 6.07 Å². The average Bonchev–Trinajstić information content (AvgIpc) is 2.60. The van der Waals surface area contributed by atoms with Crippen LogP contribution in [-0.2, 0) is 16.1 Å². The maximum absolute atomic E-state index is 13.5. The Morgan fingerprint density at radius 1 is 1.50 bits per heavy atom. The maximum Gasteiger partial charge on any atom is 0.341 e. The molecule has 0 radical (unpaired) electrons. The van der Waals surface area contributed by atoms with E-state index >= 15 is 0 Å². The van der Waals surface area contributed by atoms with Gasteiger partial charge in [-0.2, -0.15) is 8.78 Å². The number of benzene rings is 1. The highest BCUT2D eigenvalue weighted by Gasteiger charge is 2.57. The molecule has 1 aromatic rings. The Hall–Kier alpha value is -2.06. The molecule has 1 saturated heterocycles. The summed E-state index contributed by atoms with van der Waals surface area (Å²) >= 11 is 0. The van der Waals surface area contributed by atoms with Crippen LogP contribution in [0.25, 0.3) is 0 Å². The SMILES string of the molecule is C=C1OC(OCc2ccccc2[N+](=O)[O-])C(F)(F)C1O. The van der Waals surface area contributed by atoms with Crippen LogP contribution in [0.4, 0.5) is 14.5 Å². The minimum Gasteiger partial charge on any atom is -0.460 e. The predicted octanol–water partition coefficient (Wildman–Crippen LogP) is 1.98. The molecule has 1 aromatic carbocycles. The maximum atomic E-state index is 13.5. The first kappa shape index (κ1) is 14.4. The fraction of sp³-hybridized carbons (Fsp3) is 0.333. The number of hydrogen-bond acceptors (Lipinski definition) is 5. The predicted molar refractivity (Wildman–Crippen MR) is 62.9 cm³/mol. The molecule has 0 aromatic heterocycles. The lowest BCUT2D eigenvalue weighted by Gasteiger charge is -2.18. The quantitative estimate of drug-likeness (QED) is 0.676. The first-order chi connectivity index (χ1) is 9.34. The highest BCUT2D eigenvalue weighted by atomic mass is 19.3. The Kier molecular flexibility index (Phi) is 3.69. The van der Waals surface area contributed by atoms with Crippen LogP contribution in [-0.4, -0.2) is 28.3 Å². The van der Waals surface area contributed by atoms with Gasteiger partial charge in [0.15, 0.2) is 6.10 Å². The lowest BCUT2D eigenvalue weighted by atomic mass is 10.2. The molecular weight excluding hydrogens is 276 g/mol. The topological polar surface area (TPSA) is 81.8 Å². The molecule has 0 spiro atoms. The third kappa shape index (κ3) is 2.47. The summed E-state index contributed by atoms with van der Waals surface area (Å²) in [5.41, 5.74) is -0.114. The number of nitrogens with zero attached hydrogens (tertiary/aromatic N) is 1. The summed E-state index contributed by atoms with van der Waals surface area (Å²) in [6, 6.07) is 5.59. The lowest BCUT2D eigenvalue weighted by molar-refractivity contribution is -0.386. The number of alkyl halides is 2. The fourth-order valence-electron chi connectivity index (χ4n) is 1.75. The van der Waals surface area contributed by atoms with Gasteiger partial charge in [-0.25, -0.2) is 0 Å². The largest absolute Gasteiger partial charge is 0.460 e. The summed E-state index contributed by atoms with van der Waals surface area (Å²) in [6.45, 7) is 2.69. The molecule has 1 aliphatic heterocycles. The third-order valence-corrected chi connectivity index (χ3v) is 2.82. The smallest absolute Gasteiger partial charge is 0.341 e. The van der Waals surface area contributed by atoms with Crippen LogP contribution >= 0.6 is 0 Å². The van der Waals surface area contributed by atoms with Gasteiger partial charge in [0.1, 0.15) is 5.76 Å². The number of halogens is 2. The van der Waals surface area contributed by atoms with Crippen molar-refractivity contribution in [2.75, 3.05) is 0 Å². The Morgan fingerprint density at radius 3 is 2.70 bits per heavy atom. The second-order valence-corrected chi connectivity index (χ2v) is 4.19. The standard InChI is InChI=1S/C12H11F2NO5/c1-7-10(16)12(13,14)11(20-7)19-6-8-4-2-3-5-9(8)15(17)18/h2-5,10-11,16H,1,6H2. The molecular formula is C12H11F2NO5. The molecule has 0 aliphatic carbocycles. The molecule has 2 unspecified atom stereocenters. The van der Waals surface area contributed by atoms with Gasteiger partial charge in [-0.3, -0.25) is 10.1 Å². The van der Waals surface area contributed by atoms with Crippen LogP contribution in [0.1, 0.15) is 5.56 Å². The number of rotatable bonds is 4. The number of nitro benzene ring substituents is 1. The second-order valence-electron chi connectivity index (χ2n) is 4.19. The molecule has 1 aliphatic rings. The minimum atomic E-state index is -3.65. The normalized spacial score (nSPS) is 24.4. The van der Waals surface area contributed by atoms with Gasteiger partial charge in [0.05, 0.1) is 17.1 Å². The zero-order valence-electron chi connectivity index (χ0n) is 10.2. The first-order valence-electron chi connectivity index (χ1n) is 5.59. The molecule has 20 heavy (non-hydrogen) atoms. The third-order valence-electron chi connectivity index (χ3n) is 2.82.